The first kappa shape index (κ1) is 23.5. The normalized spacial score (nSPS) is 14.7. The highest BCUT2D eigenvalue weighted by Gasteiger charge is 2.13. The second-order valence-electron chi connectivity index (χ2n) is 6.98. The lowest BCUT2D eigenvalue weighted by Crippen LogP contribution is -2.40. The first-order chi connectivity index (χ1) is 14.6. The van der Waals surface area contributed by atoms with Crippen LogP contribution in [0.4, 0.5) is 0 Å². The third-order valence-electron chi connectivity index (χ3n) is 4.83. The molecule has 0 saturated carbocycles. The number of ether oxygens (including phenoxy) is 3. The highest BCUT2D eigenvalue weighted by molar-refractivity contribution is 6.35. The van der Waals surface area contributed by atoms with Gasteiger partial charge in [-0.25, -0.2) is 0 Å². The Morgan fingerprint density at radius 3 is 2.43 bits per heavy atom. The first-order valence-electron chi connectivity index (χ1n) is 10.1. The van der Waals surface area contributed by atoms with Crippen LogP contribution in [0.15, 0.2) is 30.3 Å². The van der Waals surface area contributed by atoms with E-state index in [1.165, 1.54) is 0 Å². The van der Waals surface area contributed by atoms with Crippen LogP contribution < -0.4 is 14.8 Å². The van der Waals surface area contributed by atoms with Gasteiger partial charge in [0.25, 0.3) is 0 Å². The molecule has 0 aromatic heterocycles. The molecule has 1 fully saturated rings. The zero-order valence-corrected chi connectivity index (χ0v) is 19.3. The van der Waals surface area contributed by atoms with Crippen molar-refractivity contribution in [3.63, 3.8) is 0 Å². The van der Waals surface area contributed by atoms with Crippen LogP contribution in [-0.4, -0.2) is 50.9 Å². The summed E-state index contributed by atoms with van der Waals surface area (Å²) in [5, 5.41) is 5.24. The molecule has 30 heavy (non-hydrogen) atoms. The molecule has 2 aromatic rings. The fraction of sp³-hybridized carbons (Fsp3) is 0.455. The molecule has 1 heterocycles. The van der Waals surface area contributed by atoms with E-state index in [0.717, 1.165) is 50.5 Å². The number of morpholine rings is 1. The molecular formula is C22H27Cl3N2O3. The molecule has 2 aromatic carbocycles. The molecule has 0 bridgehead atoms. The average molecular weight is 474 g/mol. The molecule has 1 aliphatic heterocycles. The van der Waals surface area contributed by atoms with Crippen molar-refractivity contribution >= 4 is 34.8 Å². The largest absolute Gasteiger partial charge is 0.490 e. The number of hydrogen-bond acceptors (Lipinski definition) is 5. The van der Waals surface area contributed by atoms with E-state index in [4.69, 9.17) is 49.0 Å². The van der Waals surface area contributed by atoms with Crippen LogP contribution in [0.1, 0.15) is 18.1 Å². The molecule has 1 saturated heterocycles. The van der Waals surface area contributed by atoms with Gasteiger partial charge >= 0.3 is 0 Å². The van der Waals surface area contributed by atoms with E-state index >= 15 is 0 Å². The van der Waals surface area contributed by atoms with Crippen molar-refractivity contribution in [1.82, 2.24) is 10.2 Å². The van der Waals surface area contributed by atoms with Crippen molar-refractivity contribution in [2.75, 3.05) is 46.0 Å². The van der Waals surface area contributed by atoms with Gasteiger partial charge in [0, 0.05) is 59.4 Å². The molecule has 0 aliphatic carbocycles. The van der Waals surface area contributed by atoms with Crippen molar-refractivity contribution in [3.05, 3.63) is 56.5 Å². The van der Waals surface area contributed by atoms with Crippen molar-refractivity contribution in [1.29, 1.82) is 0 Å². The summed E-state index contributed by atoms with van der Waals surface area (Å²) in [5.74, 6) is 1.25. The Balaban J connectivity index is 1.59. The second-order valence-corrected chi connectivity index (χ2v) is 8.23. The van der Waals surface area contributed by atoms with Gasteiger partial charge in [-0.2, -0.15) is 0 Å². The Bertz CT molecular complexity index is 830. The molecule has 0 radical (unpaired) electrons. The fourth-order valence-electron chi connectivity index (χ4n) is 3.17. The third kappa shape index (κ3) is 6.91. The lowest BCUT2D eigenvalue weighted by molar-refractivity contribution is 0.0384. The molecule has 8 heteroatoms. The van der Waals surface area contributed by atoms with Gasteiger partial charge in [0.1, 0.15) is 6.61 Å². The summed E-state index contributed by atoms with van der Waals surface area (Å²) in [6.07, 6.45) is 0. The lowest BCUT2D eigenvalue weighted by atomic mass is 10.2. The molecule has 0 spiro atoms. The highest BCUT2D eigenvalue weighted by atomic mass is 35.5. The number of benzene rings is 2. The van der Waals surface area contributed by atoms with Crippen molar-refractivity contribution in [3.8, 4) is 11.5 Å². The number of nitrogens with zero attached hydrogens (tertiary/aromatic N) is 1. The molecule has 0 amide bonds. The maximum absolute atomic E-state index is 6.52. The predicted molar refractivity (Wildman–Crippen MR) is 122 cm³/mol. The predicted octanol–water partition coefficient (Wildman–Crippen LogP) is 5.05. The Labute approximate surface area is 193 Å². The summed E-state index contributed by atoms with van der Waals surface area (Å²) in [7, 11) is 0. The van der Waals surface area contributed by atoms with Crippen molar-refractivity contribution < 1.29 is 14.2 Å². The lowest BCUT2D eigenvalue weighted by Gasteiger charge is -2.26. The minimum absolute atomic E-state index is 0.295. The Morgan fingerprint density at radius 1 is 0.967 bits per heavy atom. The first-order valence-corrected chi connectivity index (χ1v) is 11.2. The Hall–Kier alpha value is -1.21. The van der Waals surface area contributed by atoms with E-state index in [1.54, 1.807) is 18.2 Å². The molecule has 5 nitrogen and oxygen atoms in total. The summed E-state index contributed by atoms with van der Waals surface area (Å²) in [6.45, 7) is 8.89. The Kier molecular flexibility index (Phi) is 9.37. The monoisotopic (exact) mass is 472 g/mol. The summed E-state index contributed by atoms with van der Waals surface area (Å²) < 4.78 is 17.1. The van der Waals surface area contributed by atoms with Gasteiger partial charge in [-0.05, 0) is 30.7 Å². The van der Waals surface area contributed by atoms with Gasteiger partial charge < -0.3 is 19.5 Å². The Morgan fingerprint density at radius 2 is 1.70 bits per heavy atom. The van der Waals surface area contributed by atoms with Crippen LogP contribution in [0, 0.1) is 0 Å². The summed E-state index contributed by atoms with van der Waals surface area (Å²) in [5.41, 5.74) is 1.81. The van der Waals surface area contributed by atoms with Crippen LogP contribution >= 0.6 is 34.8 Å². The van der Waals surface area contributed by atoms with Gasteiger partial charge in [-0.15, -0.1) is 0 Å². The smallest absolute Gasteiger partial charge is 0.163 e. The van der Waals surface area contributed by atoms with E-state index in [2.05, 4.69) is 10.2 Å². The van der Waals surface area contributed by atoms with E-state index in [-0.39, 0.29) is 0 Å². The molecule has 1 aliphatic rings. The molecule has 1 N–H and O–H groups in total. The topological polar surface area (TPSA) is 43.0 Å². The highest BCUT2D eigenvalue weighted by Crippen LogP contribution is 2.35. The van der Waals surface area contributed by atoms with Crippen LogP contribution in [0.25, 0.3) is 0 Å². The minimum Gasteiger partial charge on any atom is -0.490 e. The maximum Gasteiger partial charge on any atom is 0.163 e. The number of halogens is 3. The average Bonchev–Trinajstić information content (AvgIpc) is 2.74. The molecule has 0 atom stereocenters. The summed E-state index contributed by atoms with van der Waals surface area (Å²) in [6, 6.07) is 9.07. The molecular weight excluding hydrogens is 447 g/mol. The van der Waals surface area contributed by atoms with E-state index in [1.807, 2.05) is 19.1 Å². The van der Waals surface area contributed by atoms with Gasteiger partial charge in [0.05, 0.1) is 19.8 Å². The molecule has 3 rings (SSSR count). The fourth-order valence-corrected chi connectivity index (χ4v) is 3.86. The summed E-state index contributed by atoms with van der Waals surface area (Å²) >= 11 is 18.7. The van der Waals surface area contributed by atoms with Gasteiger partial charge in [0.2, 0.25) is 0 Å². The minimum atomic E-state index is 0.295. The van der Waals surface area contributed by atoms with Gasteiger partial charge in [0.15, 0.2) is 11.5 Å². The number of nitrogens with one attached hydrogen (secondary N) is 1. The van der Waals surface area contributed by atoms with Gasteiger partial charge in [-0.3, -0.25) is 4.90 Å². The van der Waals surface area contributed by atoms with Crippen LogP contribution in [0.2, 0.25) is 15.1 Å². The second kappa shape index (κ2) is 12.0. The van der Waals surface area contributed by atoms with Crippen molar-refractivity contribution in [2.45, 2.75) is 20.1 Å². The standard InChI is InChI=1S/C22H27Cl3N2O3/c1-2-29-21-11-17(14-26-5-6-27-7-9-28-10-8-27)20(25)13-22(21)30-15-16-3-4-18(23)12-19(16)24/h3-4,11-13,26H,2,5-10,14-15H2,1H3. The zero-order valence-electron chi connectivity index (χ0n) is 17.1. The van der Waals surface area contributed by atoms with Crippen LogP contribution in [0.3, 0.4) is 0 Å². The van der Waals surface area contributed by atoms with E-state index in [0.29, 0.717) is 46.3 Å². The zero-order chi connectivity index (χ0) is 21.3. The molecule has 164 valence electrons. The van der Waals surface area contributed by atoms with Crippen LogP contribution in [0.5, 0.6) is 11.5 Å². The van der Waals surface area contributed by atoms with Gasteiger partial charge in [-0.1, -0.05) is 40.9 Å². The maximum atomic E-state index is 6.52. The quantitative estimate of drug-likeness (QED) is 0.489. The third-order valence-corrected chi connectivity index (χ3v) is 5.77. The number of hydrogen-bond donors (Lipinski definition) is 1. The van der Waals surface area contributed by atoms with Crippen LogP contribution in [-0.2, 0) is 17.9 Å². The van der Waals surface area contributed by atoms with Crippen molar-refractivity contribution in [2.24, 2.45) is 0 Å². The van der Waals surface area contributed by atoms with E-state index < -0.39 is 0 Å². The SMILES string of the molecule is CCOc1cc(CNCCN2CCOCC2)c(Cl)cc1OCc1ccc(Cl)cc1Cl. The molecule has 0 unspecified atom stereocenters. The number of rotatable bonds is 10. The summed E-state index contributed by atoms with van der Waals surface area (Å²) in [4.78, 5) is 2.39. The van der Waals surface area contributed by atoms with E-state index in [9.17, 15) is 0 Å².